The molecule has 2 aliphatic heterocycles. The molecule has 5 aromatic rings. The van der Waals surface area contributed by atoms with Crippen LogP contribution in [0.3, 0.4) is 0 Å². The average Bonchev–Trinajstić information content (AvgIpc) is 3.94. The third-order valence-corrected chi connectivity index (χ3v) is 8.40. The van der Waals surface area contributed by atoms with E-state index in [-0.39, 0.29) is 18.0 Å². The summed E-state index contributed by atoms with van der Waals surface area (Å²) < 4.78 is 4.79. The van der Waals surface area contributed by atoms with Gasteiger partial charge in [0.2, 0.25) is 0 Å². The van der Waals surface area contributed by atoms with Crippen molar-refractivity contribution in [3.8, 4) is 34.2 Å². The molecule has 0 spiro atoms. The van der Waals surface area contributed by atoms with Crippen molar-refractivity contribution in [2.45, 2.75) is 43.8 Å². The Labute approximate surface area is 264 Å². The van der Waals surface area contributed by atoms with Gasteiger partial charge in [-0.05, 0) is 62.1 Å². The fourth-order valence-electron chi connectivity index (χ4n) is 6.01. The molecule has 0 saturated carbocycles. The maximum absolute atomic E-state index is 13.8. The van der Waals surface area contributed by atoms with E-state index in [0.29, 0.717) is 46.4 Å². The predicted molar refractivity (Wildman–Crippen MR) is 167 cm³/mol. The van der Waals surface area contributed by atoms with Gasteiger partial charge in [-0.1, -0.05) is 30.3 Å². The van der Waals surface area contributed by atoms with Gasteiger partial charge in [0, 0.05) is 6.54 Å². The van der Waals surface area contributed by atoms with Crippen LogP contribution in [-0.2, 0) is 9.53 Å². The summed E-state index contributed by atoms with van der Waals surface area (Å²) in [6, 6.07) is 15.6. The van der Waals surface area contributed by atoms with Gasteiger partial charge < -0.3 is 30.2 Å². The maximum atomic E-state index is 13.8. The number of carbonyl (C=O) groups is 2. The highest BCUT2D eigenvalue weighted by Gasteiger charge is 2.37. The second-order valence-electron chi connectivity index (χ2n) is 11.3. The van der Waals surface area contributed by atoms with E-state index in [4.69, 9.17) is 4.74 Å². The summed E-state index contributed by atoms with van der Waals surface area (Å²) in [6.07, 6.45) is 6.55. The van der Waals surface area contributed by atoms with Crippen molar-refractivity contribution in [3.63, 3.8) is 0 Å². The summed E-state index contributed by atoms with van der Waals surface area (Å²) in [6.45, 7) is 1.54. The highest BCUT2D eigenvalue weighted by atomic mass is 16.5. The number of hydrogen-bond donors (Lipinski definition) is 4. The van der Waals surface area contributed by atoms with E-state index in [0.717, 1.165) is 43.7 Å². The molecule has 4 aromatic heterocycles. The first kappa shape index (κ1) is 29.2. The number of rotatable bonds is 8. The smallest absolute Gasteiger partial charge is 0.407 e. The fourth-order valence-corrected chi connectivity index (χ4v) is 6.01. The summed E-state index contributed by atoms with van der Waals surface area (Å²) in [7, 11) is 1.27. The Bertz CT molecular complexity index is 1800. The van der Waals surface area contributed by atoms with Crippen molar-refractivity contribution >= 4 is 12.0 Å². The second-order valence-corrected chi connectivity index (χ2v) is 11.3. The van der Waals surface area contributed by atoms with Crippen molar-refractivity contribution in [1.82, 2.24) is 55.9 Å². The lowest BCUT2D eigenvalue weighted by atomic mass is 10.1. The van der Waals surface area contributed by atoms with Crippen LogP contribution in [0, 0.1) is 0 Å². The molecule has 4 N–H and O–H groups in total. The van der Waals surface area contributed by atoms with Gasteiger partial charge in [0.25, 0.3) is 5.91 Å². The number of hydrogen-bond acceptors (Lipinski definition) is 10. The molecule has 14 heteroatoms. The van der Waals surface area contributed by atoms with Gasteiger partial charge in [0.15, 0.2) is 0 Å². The van der Waals surface area contributed by atoms with Crippen molar-refractivity contribution in [3.05, 3.63) is 84.2 Å². The minimum atomic E-state index is -0.884. The number of aromatic nitrogens is 8. The fraction of sp³-hybridized carbons (Fsp3) is 0.312. The van der Waals surface area contributed by atoms with Gasteiger partial charge in [-0.2, -0.15) is 0 Å². The van der Waals surface area contributed by atoms with Crippen LogP contribution in [0.15, 0.2) is 67.0 Å². The molecule has 2 amide bonds. The van der Waals surface area contributed by atoms with E-state index < -0.39 is 12.1 Å². The molecule has 0 bridgehead atoms. The van der Waals surface area contributed by atoms with Gasteiger partial charge in [-0.15, -0.1) is 20.4 Å². The number of benzene rings is 1. The first-order valence-corrected chi connectivity index (χ1v) is 15.3. The highest BCUT2D eigenvalue weighted by molar-refractivity contribution is 5.87. The zero-order chi connectivity index (χ0) is 31.5. The molecule has 0 radical (unpaired) electrons. The van der Waals surface area contributed by atoms with E-state index >= 15 is 0 Å². The number of nitrogens with one attached hydrogen (secondary N) is 4. The van der Waals surface area contributed by atoms with E-state index in [1.807, 2.05) is 42.5 Å². The molecular weight excluding hydrogens is 586 g/mol. The summed E-state index contributed by atoms with van der Waals surface area (Å²) in [4.78, 5) is 43.4. The van der Waals surface area contributed by atoms with Crippen molar-refractivity contribution in [2.24, 2.45) is 0 Å². The number of ether oxygens (including phenoxy) is 1. The zero-order valence-corrected chi connectivity index (χ0v) is 25.2. The van der Waals surface area contributed by atoms with Gasteiger partial charge in [0.05, 0.1) is 43.0 Å². The average molecular weight is 620 g/mol. The molecule has 1 aromatic carbocycles. The predicted octanol–water partition coefficient (Wildman–Crippen LogP) is 3.90. The van der Waals surface area contributed by atoms with Crippen molar-refractivity contribution < 1.29 is 14.3 Å². The molecule has 6 heterocycles. The van der Waals surface area contributed by atoms with Gasteiger partial charge in [-0.25, -0.2) is 14.8 Å². The van der Waals surface area contributed by atoms with Gasteiger partial charge in [-0.3, -0.25) is 4.79 Å². The highest BCUT2D eigenvalue weighted by Crippen LogP contribution is 2.34. The van der Waals surface area contributed by atoms with Crippen LogP contribution in [-0.4, -0.2) is 77.4 Å². The molecule has 2 saturated heterocycles. The summed E-state index contributed by atoms with van der Waals surface area (Å²) in [5.41, 5.74) is 4.64. The lowest BCUT2D eigenvalue weighted by molar-refractivity contribution is -0.134. The van der Waals surface area contributed by atoms with Crippen LogP contribution in [0.1, 0.15) is 61.0 Å². The summed E-state index contributed by atoms with van der Waals surface area (Å²) in [5.74, 6) is 1.33. The third-order valence-electron chi connectivity index (χ3n) is 8.40. The molecule has 0 unspecified atom stereocenters. The Morgan fingerprint density at radius 3 is 2.07 bits per heavy atom. The number of amides is 2. The monoisotopic (exact) mass is 619 g/mol. The Kier molecular flexibility index (Phi) is 8.16. The number of methoxy groups -OCH3 is 1. The van der Waals surface area contributed by atoms with Crippen molar-refractivity contribution in [1.29, 1.82) is 0 Å². The molecule has 2 aliphatic rings. The van der Waals surface area contributed by atoms with Crippen LogP contribution in [0.25, 0.3) is 34.2 Å². The lowest BCUT2D eigenvalue weighted by Gasteiger charge is -2.28. The third kappa shape index (κ3) is 5.94. The molecular formula is C32H33N11O3. The van der Waals surface area contributed by atoms with Crippen LogP contribution in [0.2, 0.25) is 0 Å². The molecule has 2 fully saturated rings. The number of likely N-dealkylation sites (tertiary alicyclic amines) is 1. The molecule has 14 nitrogen and oxygen atoms in total. The van der Waals surface area contributed by atoms with E-state index in [1.165, 1.54) is 7.11 Å². The zero-order valence-electron chi connectivity index (χ0n) is 25.2. The first-order valence-electron chi connectivity index (χ1n) is 15.3. The Hall–Kier alpha value is -5.50. The SMILES string of the molecule is COC(=O)N[C@@H](C(=O)N1CCC[C@H]1c1ncc(-c2ccc(-c3ccc(-c4cnc([C@@H]5CCCN5)[nH]4)nn3)nn2)[nH]1)c1ccccc1. The number of H-pyrrole nitrogens is 2. The normalized spacial score (nSPS) is 18.4. The molecule has 3 atom stereocenters. The van der Waals surface area contributed by atoms with Crippen LogP contribution >= 0.6 is 0 Å². The van der Waals surface area contributed by atoms with Crippen LogP contribution in [0.4, 0.5) is 4.79 Å². The lowest BCUT2D eigenvalue weighted by Crippen LogP contribution is -2.42. The van der Waals surface area contributed by atoms with Gasteiger partial charge >= 0.3 is 6.09 Å². The standard InChI is InChI=1S/C32H33N11O3/c1-46-32(45)38-28(19-7-3-2-4-8-19)31(44)43-16-6-10-27(43)30-35-18-26(37-30)23-14-12-21(40-42-23)20-11-13-22(41-39-20)25-17-34-29(36-25)24-9-5-15-33-24/h2-4,7-8,11-14,17-18,24,27-28,33H,5-6,9-10,15-16H2,1H3,(H,34,36)(H,35,37)(H,38,45)/t24-,27-,28+/m0/s1. The number of alkyl carbamates (subject to hydrolysis) is 1. The number of nitrogens with zero attached hydrogens (tertiary/aromatic N) is 7. The van der Waals surface area contributed by atoms with Crippen LogP contribution < -0.4 is 10.6 Å². The van der Waals surface area contributed by atoms with E-state index in [2.05, 4.69) is 51.0 Å². The summed E-state index contributed by atoms with van der Waals surface area (Å²) >= 11 is 0. The van der Waals surface area contributed by atoms with E-state index in [1.54, 1.807) is 29.4 Å². The number of imidazole rings is 2. The molecule has 0 aliphatic carbocycles. The Balaban J connectivity index is 1.04. The minimum Gasteiger partial charge on any atom is -0.453 e. The van der Waals surface area contributed by atoms with Gasteiger partial charge in [0.1, 0.15) is 40.5 Å². The minimum absolute atomic E-state index is 0.230. The number of carbonyl (C=O) groups excluding carboxylic acids is 2. The quantitative estimate of drug-likeness (QED) is 0.199. The molecule has 234 valence electrons. The topological polar surface area (TPSA) is 180 Å². The molecule has 7 rings (SSSR count). The largest absolute Gasteiger partial charge is 0.453 e. The summed E-state index contributed by atoms with van der Waals surface area (Å²) in [5, 5.41) is 23.7. The van der Waals surface area contributed by atoms with E-state index in [9.17, 15) is 9.59 Å². The van der Waals surface area contributed by atoms with Crippen molar-refractivity contribution in [2.75, 3.05) is 20.2 Å². The first-order chi connectivity index (χ1) is 22.6. The van der Waals surface area contributed by atoms with Crippen LogP contribution in [0.5, 0.6) is 0 Å². The Morgan fingerprint density at radius 1 is 0.826 bits per heavy atom. The molecule has 46 heavy (non-hydrogen) atoms. The number of aromatic amines is 2. The maximum Gasteiger partial charge on any atom is 0.407 e. The second kappa shape index (κ2) is 12.9. The Morgan fingerprint density at radius 2 is 1.46 bits per heavy atom.